The van der Waals surface area contributed by atoms with Gasteiger partial charge < -0.3 is 10.6 Å². The minimum atomic E-state index is 0.502. The summed E-state index contributed by atoms with van der Waals surface area (Å²) in [5.41, 5.74) is 9.21. The van der Waals surface area contributed by atoms with Crippen LogP contribution >= 0.6 is 0 Å². The first kappa shape index (κ1) is 13.7. The Morgan fingerprint density at radius 3 is 2.63 bits per heavy atom. The SMILES string of the molecule is CN(CCc1ccccc1)Cc1ccnc(CN)c1. The summed E-state index contributed by atoms with van der Waals surface area (Å²) >= 11 is 0. The van der Waals surface area contributed by atoms with E-state index in [1.807, 2.05) is 6.20 Å². The quantitative estimate of drug-likeness (QED) is 0.860. The molecule has 0 saturated carbocycles. The van der Waals surface area contributed by atoms with Crippen LogP contribution in [0.15, 0.2) is 48.7 Å². The number of likely N-dealkylation sites (N-methyl/N-ethyl adjacent to an activating group) is 1. The summed E-state index contributed by atoms with van der Waals surface area (Å²) in [6, 6.07) is 14.7. The van der Waals surface area contributed by atoms with Gasteiger partial charge in [-0.05, 0) is 36.7 Å². The molecule has 2 aromatic rings. The summed E-state index contributed by atoms with van der Waals surface area (Å²) in [4.78, 5) is 6.54. The topological polar surface area (TPSA) is 42.2 Å². The molecule has 2 rings (SSSR count). The van der Waals surface area contributed by atoms with Crippen LogP contribution in [0.4, 0.5) is 0 Å². The molecule has 0 fully saturated rings. The van der Waals surface area contributed by atoms with E-state index < -0.39 is 0 Å². The lowest BCUT2D eigenvalue weighted by Crippen LogP contribution is -2.21. The molecule has 0 atom stereocenters. The van der Waals surface area contributed by atoms with Crippen LogP contribution in [0.3, 0.4) is 0 Å². The lowest BCUT2D eigenvalue weighted by atomic mass is 10.1. The summed E-state index contributed by atoms with van der Waals surface area (Å²) in [6.07, 6.45) is 2.91. The molecule has 0 spiro atoms. The highest BCUT2D eigenvalue weighted by molar-refractivity contribution is 5.17. The molecular weight excluding hydrogens is 234 g/mol. The van der Waals surface area contributed by atoms with Crippen molar-refractivity contribution in [3.63, 3.8) is 0 Å². The molecule has 3 nitrogen and oxygen atoms in total. The Bertz CT molecular complexity index is 496. The van der Waals surface area contributed by atoms with Gasteiger partial charge in [-0.2, -0.15) is 0 Å². The van der Waals surface area contributed by atoms with Crippen molar-refractivity contribution in [3.8, 4) is 0 Å². The van der Waals surface area contributed by atoms with Crippen LogP contribution in [-0.4, -0.2) is 23.5 Å². The van der Waals surface area contributed by atoms with E-state index in [4.69, 9.17) is 5.73 Å². The third-order valence-corrected chi connectivity index (χ3v) is 3.17. The fourth-order valence-electron chi connectivity index (χ4n) is 2.09. The van der Waals surface area contributed by atoms with Crippen molar-refractivity contribution in [2.75, 3.05) is 13.6 Å². The standard InChI is InChI=1S/C16H21N3/c1-19(10-8-14-5-3-2-4-6-14)13-15-7-9-18-16(11-15)12-17/h2-7,9,11H,8,10,12-13,17H2,1H3. The molecule has 0 amide bonds. The van der Waals surface area contributed by atoms with Gasteiger partial charge in [0.15, 0.2) is 0 Å². The first-order chi connectivity index (χ1) is 9.28. The minimum absolute atomic E-state index is 0.502. The molecule has 1 aromatic carbocycles. The van der Waals surface area contributed by atoms with Crippen molar-refractivity contribution in [1.29, 1.82) is 0 Å². The van der Waals surface area contributed by atoms with Crippen molar-refractivity contribution in [2.24, 2.45) is 5.73 Å². The van der Waals surface area contributed by atoms with Crippen LogP contribution in [0.5, 0.6) is 0 Å². The van der Waals surface area contributed by atoms with Crippen molar-refractivity contribution >= 4 is 0 Å². The number of nitrogens with zero attached hydrogens (tertiary/aromatic N) is 2. The molecule has 1 aromatic heterocycles. The predicted octanol–water partition coefficient (Wildman–Crippen LogP) is 2.21. The van der Waals surface area contributed by atoms with Crippen molar-refractivity contribution in [3.05, 3.63) is 65.5 Å². The maximum atomic E-state index is 5.61. The Balaban J connectivity index is 1.85. The van der Waals surface area contributed by atoms with E-state index in [9.17, 15) is 0 Å². The molecular formula is C16H21N3. The zero-order valence-electron chi connectivity index (χ0n) is 11.4. The van der Waals surface area contributed by atoms with Gasteiger partial charge in [0, 0.05) is 25.8 Å². The van der Waals surface area contributed by atoms with E-state index in [1.165, 1.54) is 11.1 Å². The van der Waals surface area contributed by atoms with E-state index >= 15 is 0 Å². The highest BCUT2D eigenvalue weighted by Gasteiger charge is 2.02. The van der Waals surface area contributed by atoms with Crippen LogP contribution in [0.2, 0.25) is 0 Å². The van der Waals surface area contributed by atoms with Crippen molar-refractivity contribution in [2.45, 2.75) is 19.5 Å². The van der Waals surface area contributed by atoms with E-state index in [1.54, 1.807) is 0 Å². The highest BCUT2D eigenvalue weighted by Crippen LogP contribution is 2.06. The van der Waals surface area contributed by atoms with E-state index in [2.05, 4.69) is 59.4 Å². The Kier molecular flexibility index (Phi) is 5.07. The second kappa shape index (κ2) is 7.02. The minimum Gasteiger partial charge on any atom is -0.325 e. The smallest absolute Gasteiger partial charge is 0.0542 e. The van der Waals surface area contributed by atoms with Gasteiger partial charge >= 0.3 is 0 Å². The Morgan fingerprint density at radius 2 is 1.89 bits per heavy atom. The second-order valence-electron chi connectivity index (χ2n) is 4.83. The summed E-state index contributed by atoms with van der Waals surface area (Å²) in [5, 5.41) is 0. The van der Waals surface area contributed by atoms with E-state index in [-0.39, 0.29) is 0 Å². The molecule has 1 heterocycles. The van der Waals surface area contributed by atoms with Gasteiger partial charge in [-0.3, -0.25) is 4.98 Å². The Labute approximate surface area is 115 Å². The monoisotopic (exact) mass is 255 g/mol. The third kappa shape index (κ3) is 4.47. The summed E-state index contributed by atoms with van der Waals surface area (Å²) in [6.45, 7) is 2.48. The average Bonchev–Trinajstić information content (AvgIpc) is 2.46. The van der Waals surface area contributed by atoms with Crippen LogP contribution in [-0.2, 0) is 19.5 Å². The lowest BCUT2D eigenvalue weighted by Gasteiger charge is -2.17. The predicted molar refractivity (Wildman–Crippen MR) is 78.6 cm³/mol. The molecule has 0 unspecified atom stereocenters. The first-order valence-corrected chi connectivity index (χ1v) is 6.64. The molecule has 3 heteroatoms. The molecule has 0 aliphatic carbocycles. The zero-order chi connectivity index (χ0) is 13.5. The van der Waals surface area contributed by atoms with Gasteiger partial charge in [-0.15, -0.1) is 0 Å². The van der Waals surface area contributed by atoms with Gasteiger partial charge in [-0.1, -0.05) is 30.3 Å². The molecule has 19 heavy (non-hydrogen) atoms. The summed E-state index contributed by atoms with van der Waals surface area (Å²) in [5.74, 6) is 0. The number of benzene rings is 1. The highest BCUT2D eigenvalue weighted by atomic mass is 15.1. The Morgan fingerprint density at radius 1 is 1.11 bits per heavy atom. The first-order valence-electron chi connectivity index (χ1n) is 6.64. The summed E-state index contributed by atoms with van der Waals surface area (Å²) < 4.78 is 0. The maximum Gasteiger partial charge on any atom is 0.0542 e. The molecule has 2 N–H and O–H groups in total. The average molecular weight is 255 g/mol. The number of nitrogens with two attached hydrogens (primary N) is 1. The fraction of sp³-hybridized carbons (Fsp3) is 0.312. The van der Waals surface area contributed by atoms with Crippen LogP contribution in [0.1, 0.15) is 16.8 Å². The van der Waals surface area contributed by atoms with Gasteiger partial charge in [0.05, 0.1) is 5.69 Å². The molecule has 0 aliphatic rings. The maximum absolute atomic E-state index is 5.61. The van der Waals surface area contributed by atoms with Crippen LogP contribution in [0.25, 0.3) is 0 Å². The second-order valence-corrected chi connectivity index (χ2v) is 4.83. The lowest BCUT2D eigenvalue weighted by molar-refractivity contribution is 0.331. The largest absolute Gasteiger partial charge is 0.325 e. The van der Waals surface area contributed by atoms with Gasteiger partial charge in [0.1, 0.15) is 0 Å². The molecule has 0 bridgehead atoms. The van der Waals surface area contributed by atoms with E-state index in [0.717, 1.165) is 25.2 Å². The fourth-order valence-corrected chi connectivity index (χ4v) is 2.09. The van der Waals surface area contributed by atoms with Crippen LogP contribution < -0.4 is 5.73 Å². The third-order valence-electron chi connectivity index (χ3n) is 3.17. The van der Waals surface area contributed by atoms with Crippen molar-refractivity contribution in [1.82, 2.24) is 9.88 Å². The Hall–Kier alpha value is -1.71. The number of aromatic nitrogens is 1. The normalized spacial score (nSPS) is 10.9. The van der Waals surface area contributed by atoms with Gasteiger partial charge in [0.25, 0.3) is 0 Å². The summed E-state index contributed by atoms with van der Waals surface area (Å²) in [7, 11) is 2.14. The van der Waals surface area contributed by atoms with E-state index in [0.29, 0.717) is 6.54 Å². The van der Waals surface area contributed by atoms with Crippen molar-refractivity contribution < 1.29 is 0 Å². The number of hydrogen-bond donors (Lipinski definition) is 1. The van der Waals surface area contributed by atoms with Gasteiger partial charge in [0.2, 0.25) is 0 Å². The number of rotatable bonds is 6. The molecule has 0 radical (unpaired) electrons. The molecule has 100 valence electrons. The molecule has 0 aliphatic heterocycles. The molecule has 0 saturated heterocycles. The van der Waals surface area contributed by atoms with Crippen LogP contribution in [0, 0.1) is 0 Å². The number of hydrogen-bond acceptors (Lipinski definition) is 3. The zero-order valence-corrected chi connectivity index (χ0v) is 11.4. The van der Waals surface area contributed by atoms with Gasteiger partial charge in [-0.25, -0.2) is 0 Å². The number of pyridine rings is 1.